The minimum absolute atomic E-state index is 0.0246. The minimum atomic E-state index is -0.678. The van der Waals surface area contributed by atoms with Gasteiger partial charge < -0.3 is 24.0 Å². The van der Waals surface area contributed by atoms with E-state index in [0.29, 0.717) is 51.4 Å². The van der Waals surface area contributed by atoms with Crippen molar-refractivity contribution in [3.8, 4) is 0 Å². The van der Waals surface area contributed by atoms with Crippen LogP contribution in [-0.2, 0) is 27.1 Å². The van der Waals surface area contributed by atoms with Crippen LogP contribution in [0.3, 0.4) is 0 Å². The van der Waals surface area contributed by atoms with Crippen molar-refractivity contribution in [1.82, 2.24) is 19.7 Å². The van der Waals surface area contributed by atoms with Gasteiger partial charge in [-0.3, -0.25) is 10.2 Å². The molecule has 1 N–H and O–H groups in total. The second-order valence-corrected chi connectivity index (χ2v) is 15.9. The summed E-state index contributed by atoms with van der Waals surface area (Å²) in [5.41, 5.74) is 0.508. The fourth-order valence-corrected chi connectivity index (χ4v) is 5.64. The van der Waals surface area contributed by atoms with E-state index in [4.69, 9.17) is 19.2 Å². The molecule has 0 saturated carbocycles. The summed E-state index contributed by atoms with van der Waals surface area (Å²) in [6.07, 6.45) is -0.405. The quantitative estimate of drug-likeness (QED) is 0.265. The Labute approximate surface area is 291 Å². The fraction of sp³-hybridized carbons (Fsp3) is 0.622. The van der Waals surface area contributed by atoms with Crippen LogP contribution in [0.1, 0.15) is 79.1 Å². The topological polar surface area (TPSA) is 114 Å². The molecule has 0 bridgehead atoms. The Morgan fingerprint density at radius 2 is 1.55 bits per heavy atom. The Morgan fingerprint density at radius 3 is 2.16 bits per heavy atom. The molecule has 2 atom stereocenters. The van der Waals surface area contributed by atoms with Crippen LogP contribution in [-0.4, -0.2) is 101 Å². The Morgan fingerprint density at radius 1 is 0.898 bits per heavy atom. The summed E-state index contributed by atoms with van der Waals surface area (Å²) in [4.78, 5) is 49.2. The van der Waals surface area contributed by atoms with Crippen molar-refractivity contribution in [2.45, 2.75) is 105 Å². The summed E-state index contributed by atoms with van der Waals surface area (Å²) in [5, 5.41) is 2.74. The SMILES string of the molecule is Cc1cc(C[C@H]2CN(C(=O)OC(C)(C)C)C[C@H]2N(C)CCN(CCc2cccc(F)c2)C(=O)OC(C)(C)C)nc(NC(=O)OC(C)(C)C)c1. The fourth-order valence-electron chi connectivity index (χ4n) is 5.64. The molecule has 1 aromatic carbocycles. The van der Waals surface area contributed by atoms with Crippen LogP contribution in [0.25, 0.3) is 0 Å². The molecule has 272 valence electrons. The normalized spacial score (nSPS) is 16.8. The van der Waals surface area contributed by atoms with E-state index in [9.17, 15) is 18.8 Å². The predicted octanol–water partition coefficient (Wildman–Crippen LogP) is 7.07. The van der Waals surface area contributed by atoms with Gasteiger partial charge in [0, 0.05) is 44.5 Å². The van der Waals surface area contributed by atoms with Crippen LogP contribution in [0.4, 0.5) is 24.6 Å². The van der Waals surface area contributed by atoms with Gasteiger partial charge in [-0.15, -0.1) is 0 Å². The van der Waals surface area contributed by atoms with E-state index >= 15 is 0 Å². The average Bonchev–Trinajstić information content (AvgIpc) is 3.33. The Bertz CT molecular complexity index is 1450. The number of anilines is 1. The first-order valence-electron chi connectivity index (χ1n) is 16.9. The monoisotopic (exact) mass is 685 g/mol. The molecular weight excluding hydrogens is 629 g/mol. The van der Waals surface area contributed by atoms with Crippen LogP contribution in [0, 0.1) is 18.7 Å². The van der Waals surface area contributed by atoms with Gasteiger partial charge in [-0.05, 0) is 130 Å². The lowest BCUT2D eigenvalue weighted by atomic mass is 9.96. The van der Waals surface area contributed by atoms with E-state index in [1.807, 2.05) is 67.6 Å². The third-order valence-electron chi connectivity index (χ3n) is 7.68. The van der Waals surface area contributed by atoms with Crippen LogP contribution in [0.5, 0.6) is 0 Å². The molecule has 0 spiro atoms. The van der Waals surface area contributed by atoms with Gasteiger partial charge in [-0.25, -0.2) is 23.8 Å². The summed E-state index contributed by atoms with van der Waals surface area (Å²) in [5.74, 6) is 0.0459. The van der Waals surface area contributed by atoms with Gasteiger partial charge in [0.2, 0.25) is 0 Å². The van der Waals surface area contributed by atoms with E-state index in [1.54, 1.807) is 42.7 Å². The van der Waals surface area contributed by atoms with E-state index in [1.165, 1.54) is 12.1 Å². The number of rotatable bonds is 10. The Kier molecular flexibility index (Phi) is 13.0. The number of likely N-dealkylation sites (tertiary alicyclic amines) is 1. The van der Waals surface area contributed by atoms with Gasteiger partial charge in [0.15, 0.2) is 0 Å². The lowest BCUT2D eigenvalue weighted by Gasteiger charge is -2.32. The van der Waals surface area contributed by atoms with Gasteiger partial charge in [-0.1, -0.05) is 12.1 Å². The van der Waals surface area contributed by atoms with Gasteiger partial charge >= 0.3 is 18.3 Å². The number of hydrogen-bond acceptors (Lipinski definition) is 8. The number of pyridine rings is 1. The molecule has 1 fully saturated rings. The number of nitrogens with one attached hydrogen (secondary N) is 1. The van der Waals surface area contributed by atoms with Crippen molar-refractivity contribution in [2.24, 2.45) is 5.92 Å². The van der Waals surface area contributed by atoms with Crippen molar-refractivity contribution in [3.05, 3.63) is 59.0 Å². The molecular formula is C37H56FN5O6. The van der Waals surface area contributed by atoms with E-state index in [0.717, 1.165) is 16.8 Å². The van der Waals surface area contributed by atoms with Crippen molar-refractivity contribution in [3.63, 3.8) is 0 Å². The molecule has 1 saturated heterocycles. The zero-order chi connectivity index (χ0) is 36.7. The molecule has 1 aliphatic heterocycles. The first-order valence-corrected chi connectivity index (χ1v) is 16.9. The highest BCUT2D eigenvalue weighted by molar-refractivity contribution is 5.83. The van der Waals surface area contributed by atoms with Crippen LogP contribution in [0.2, 0.25) is 0 Å². The maximum Gasteiger partial charge on any atom is 0.413 e. The lowest BCUT2D eigenvalue weighted by Crippen LogP contribution is -2.46. The summed E-state index contributed by atoms with van der Waals surface area (Å²) >= 11 is 0. The molecule has 11 nitrogen and oxygen atoms in total. The number of halogens is 1. The molecule has 49 heavy (non-hydrogen) atoms. The Balaban J connectivity index is 1.80. The van der Waals surface area contributed by atoms with E-state index in [-0.39, 0.29) is 23.9 Å². The number of carbonyl (C=O) groups is 3. The number of amides is 3. The van der Waals surface area contributed by atoms with E-state index < -0.39 is 29.0 Å². The molecule has 0 unspecified atom stereocenters. The molecule has 1 aliphatic rings. The number of carbonyl (C=O) groups excluding carboxylic acids is 3. The first kappa shape index (κ1) is 39.5. The summed E-state index contributed by atoms with van der Waals surface area (Å²) in [7, 11) is 1.98. The van der Waals surface area contributed by atoms with Gasteiger partial charge in [0.05, 0.1) is 0 Å². The summed E-state index contributed by atoms with van der Waals surface area (Å²) in [6, 6.07) is 10.0. The van der Waals surface area contributed by atoms with Crippen molar-refractivity contribution in [2.75, 3.05) is 45.1 Å². The maximum absolute atomic E-state index is 13.9. The zero-order valence-electron chi connectivity index (χ0n) is 31.2. The highest BCUT2D eigenvalue weighted by Crippen LogP contribution is 2.27. The van der Waals surface area contributed by atoms with Crippen molar-refractivity contribution in [1.29, 1.82) is 0 Å². The smallest absolute Gasteiger partial charge is 0.413 e. The van der Waals surface area contributed by atoms with E-state index in [2.05, 4.69) is 10.2 Å². The molecule has 0 aliphatic carbocycles. The van der Waals surface area contributed by atoms with Crippen LogP contribution >= 0.6 is 0 Å². The summed E-state index contributed by atoms with van der Waals surface area (Å²) in [6.45, 7) is 20.4. The number of benzene rings is 1. The third-order valence-corrected chi connectivity index (χ3v) is 7.68. The number of nitrogens with zero attached hydrogens (tertiary/aromatic N) is 4. The number of aromatic nitrogens is 1. The minimum Gasteiger partial charge on any atom is -0.444 e. The van der Waals surface area contributed by atoms with Gasteiger partial charge in [0.1, 0.15) is 28.4 Å². The Hall–Kier alpha value is -3.93. The zero-order valence-corrected chi connectivity index (χ0v) is 31.2. The van der Waals surface area contributed by atoms with Crippen LogP contribution < -0.4 is 5.32 Å². The van der Waals surface area contributed by atoms with Crippen molar-refractivity contribution >= 4 is 24.1 Å². The molecule has 0 radical (unpaired) electrons. The molecule has 3 rings (SSSR count). The molecule has 2 heterocycles. The van der Waals surface area contributed by atoms with Gasteiger partial charge in [0.25, 0.3) is 0 Å². The average molecular weight is 686 g/mol. The van der Waals surface area contributed by atoms with Crippen molar-refractivity contribution < 1.29 is 33.0 Å². The molecule has 2 aromatic rings. The first-order chi connectivity index (χ1) is 22.6. The third kappa shape index (κ3) is 13.8. The second kappa shape index (κ2) is 16.2. The lowest BCUT2D eigenvalue weighted by molar-refractivity contribution is 0.0227. The second-order valence-electron chi connectivity index (χ2n) is 15.9. The maximum atomic E-state index is 13.9. The number of aryl methyl sites for hydroxylation is 1. The number of likely N-dealkylation sites (N-methyl/N-ethyl adjacent to an activating group) is 1. The number of ether oxygens (including phenoxy) is 3. The number of hydrogen-bond donors (Lipinski definition) is 1. The standard InChI is InChI=1S/C37H56FN5O6/c1-25-19-29(39-31(20-25)40-32(44)47-35(2,3)4)22-27-23-43(34(46)49-37(8,9)10)24-30(27)41(11)17-18-42(33(45)48-36(5,6)7)16-15-26-13-12-14-28(38)21-26/h12-14,19-21,27,30H,15-18,22-24H2,1-11H3,(H,39,40,44)/t27-,30+/m0/s1. The largest absolute Gasteiger partial charge is 0.444 e. The highest BCUT2D eigenvalue weighted by atomic mass is 19.1. The predicted molar refractivity (Wildman–Crippen MR) is 188 cm³/mol. The summed E-state index contributed by atoms with van der Waals surface area (Å²) < 4.78 is 30.7. The van der Waals surface area contributed by atoms with Crippen LogP contribution in [0.15, 0.2) is 36.4 Å². The highest BCUT2D eigenvalue weighted by Gasteiger charge is 2.39. The molecule has 3 amide bonds. The molecule has 1 aromatic heterocycles. The van der Waals surface area contributed by atoms with Gasteiger partial charge in [-0.2, -0.15) is 0 Å². The molecule has 12 heteroatoms.